The van der Waals surface area contributed by atoms with Gasteiger partial charge in [0, 0.05) is 23.7 Å². The fourth-order valence-electron chi connectivity index (χ4n) is 5.17. The van der Waals surface area contributed by atoms with Crippen molar-refractivity contribution < 1.29 is 9.53 Å². The van der Waals surface area contributed by atoms with Crippen molar-refractivity contribution in [2.75, 3.05) is 13.1 Å². The number of piperidine rings is 3. The van der Waals surface area contributed by atoms with E-state index in [1.165, 1.54) is 6.42 Å². The number of esters is 1. The average molecular weight is 399 g/mol. The molecule has 5 atom stereocenters. The number of ether oxygens (including phenoxy) is 1. The zero-order valence-corrected chi connectivity index (χ0v) is 17.0. The van der Waals surface area contributed by atoms with E-state index < -0.39 is 0 Å². The minimum Gasteiger partial charge on any atom is -0.452 e. The Labute approximate surface area is 177 Å². The summed E-state index contributed by atoms with van der Waals surface area (Å²) in [4.78, 5) is 20.1. The van der Waals surface area contributed by atoms with Gasteiger partial charge in [0.05, 0.1) is 17.1 Å². The van der Waals surface area contributed by atoms with Crippen molar-refractivity contribution in [3.05, 3.63) is 90.6 Å². The molecule has 30 heavy (non-hydrogen) atoms. The predicted octanol–water partition coefficient (Wildman–Crippen LogP) is 5.03. The van der Waals surface area contributed by atoms with Crippen LogP contribution in [0.2, 0.25) is 0 Å². The summed E-state index contributed by atoms with van der Waals surface area (Å²) >= 11 is 0. The molecule has 3 fully saturated rings. The first kappa shape index (κ1) is 19.0. The second-order valence-corrected chi connectivity index (χ2v) is 8.36. The smallest absolute Gasteiger partial charge is 0.338 e. The number of hydrogen-bond acceptors (Lipinski definition) is 4. The molecule has 6 rings (SSSR count). The fraction of sp³-hybridized carbons (Fsp3) is 0.308. The molecule has 4 nitrogen and oxygen atoms in total. The third-order valence-corrected chi connectivity index (χ3v) is 6.74. The fourth-order valence-corrected chi connectivity index (χ4v) is 5.17. The van der Waals surface area contributed by atoms with Gasteiger partial charge in [-0.2, -0.15) is 0 Å². The molecule has 0 saturated carbocycles. The molecule has 152 valence electrons. The summed E-state index contributed by atoms with van der Waals surface area (Å²) in [5.41, 5.74) is 2.55. The van der Waals surface area contributed by atoms with Crippen LogP contribution >= 0.6 is 0 Å². The number of pyridine rings is 1. The number of hydrogen-bond donors (Lipinski definition) is 0. The molecule has 3 aromatic rings. The van der Waals surface area contributed by atoms with E-state index in [9.17, 15) is 4.79 Å². The van der Waals surface area contributed by atoms with Gasteiger partial charge in [-0.25, -0.2) is 4.79 Å². The van der Waals surface area contributed by atoms with E-state index in [0.717, 1.165) is 36.0 Å². The van der Waals surface area contributed by atoms with Crippen molar-refractivity contribution in [1.82, 2.24) is 9.88 Å². The van der Waals surface area contributed by atoms with E-state index in [-0.39, 0.29) is 18.1 Å². The maximum atomic E-state index is 13.1. The molecule has 0 radical (unpaired) electrons. The summed E-state index contributed by atoms with van der Waals surface area (Å²) < 4.78 is 6.26. The molecule has 4 heteroatoms. The Morgan fingerprint density at radius 1 is 1.13 bits per heavy atom. The minimum absolute atomic E-state index is 0.165. The van der Waals surface area contributed by atoms with Gasteiger partial charge >= 0.3 is 5.97 Å². The number of nitrogens with zero attached hydrogens (tertiary/aromatic N) is 2. The highest BCUT2D eigenvalue weighted by atomic mass is 16.5. The first-order chi connectivity index (χ1) is 14.7. The highest BCUT2D eigenvalue weighted by Crippen LogP contribution is 2.43. The standard InChI is InChI=1S/C26H26N2O2/c1-2-18-17-28-15-13-20(18)16-24(28)25(30-26(29)19-8-4-3-5-9-19)22-12-14-27-23-11-7-6-10-21(22)23/h2-12,14,18,20,24-25H,1,13,15-17H2/t18-,20+,24-,25-/m1/s1. The molecular formula is C26H26N2O2. The predicted molar refractivity (Wildman–Crippen MR) is 118 cm³/mol. The van der Waals surface area contributed by atoms with Crippen LogP contribution in [-0.2, 0) is 4.74 Å². The maximum absolute atomic E-state index is 13.1. The molecule has 2 bridgehead atoms. The van der Waals surface area contributed by atoms with Crippen molar-refractivity contribution in [2.45, 2.75) is 25.0 Å². The van der Waals surface area contributed by atoms with Gasteiger partial charge in [-0.3, -0.25) is 9.88 Å². The number of para-hydroxylation sites is 1. The summed E-state index contributed by atoms with van der Waals surface area (Å²) in [7, 11) is 0. The highest BCUT2D eigenvalue weighted by molar-refractivity contribution is 5.90. The van der Waals surface area contributed by atoms with Crippen LogP contribution in [0.15, 0.2) is 79.5 Å². The molecule has 0 aliphatic carbocycles. The van der Waals surface area contributed by atoms with Gasteiger partial charge in [-0.15, -0.1) is 6.58 Å². The second kappa shape index (κ2) is 8.04. The van der Waals surface area contributed by atoms with Gasteiger partial charge in [0.15, 0.2) is 0 Å². The minimum atomic E-state index is -0.334. The average Bonchev–Trinajstić information content (AvgIpc) is 2.83. The first-order valence-electron chi connectivity index (χ1n) is 10.7. The third-order valence-electron chi connectivity index (χ3n) is 6.74. The van der Waals surface area contributed by atoms with Crippen molar-refractivity contribution in [2.24, 2.45) is 11.8 Å². The molecule has 1 aromatic heterocycles. The lowest BCUT2D eigenvalue weighted by Gasteiger charge is -2.51. The Balaban J connectivity index is 1.54. The monoisotopic (exact) mass is 398 g/mol. The van der Waals surface area contributed by atoms with E-state index in [1.807, 2.05) is 60.8 Å². The Morgan fingerprint density at radius 3 is 2.70 bits per heavy atom. The van der Waals surface area contributed by atoms with E-state index >= 15 is 0 Å². The SMILES string of the molecule is C=C[C@@H]1CN2CC[C@H]1C[C@@H]2[C@H](OC(=O)c1ccccc1)c1ccnc2ccccc12. The molecular weight excluding hydrogens is 372 g/mol. The van der Waals surface area contributed by atoms with Crippen molar-refractivity contribution in [3.63, 3.8) is 0 Å². The first-order valence-corrected chi connectivity index (χ1v) is 10.7. The van der Waals surface area contributed by atoms with Gasteiger partial charge in [0.2, 0.25) is 0 Å². The van der Waals surface area contributed by atoms with Gasteiger partial charge in [-0.1, -0.05) is 42.5 Å². The summed E-state index contributed by atoms with van der Waals surface area (Å²) in [5.74, 6) is 0.850. The van der Waals surface area contributed by atoms with Crippen LogP contribution in [0.5, 0.6) is 0 Å². The van der Waals surface area contributed by atoms with Crippen LogP contribution in [-0.4, -0.2) is 35.0 Å². The number of aromatic nitrogens is 1. The molecule has 0 amide bonds. The van der Waals surface area contributed by atoms with Gasteiger partial charge in [0.25, 0.3) is 0 Å². The van der Waals surface area contributed by atoms with E-state index in [2.05, 4.69) is 28.6 Å². The second-order valence-electron chi connectivity index (χ2n) is 8.36. The molecule has 1 unspecified atom stereocenters. The zero-order chi connectivity index (χ0) is 20.5. The summed E-state index contributed by atoms with van der Waals surface area (Å²) in [5, 5.41) is 1.05. The lowest BCUT2D eigenvalue weighted by atomic mass is 9.73. The summed E-state index contributed by atoms with van der Waals surface area (Å²) in [6.45, 7) is 6.07. The molecule has 0 spiro atoms. The van der Waals surface area contributed by atoms with Gasteiger partial charge in [-0.05, 0) is 55.5 Å². The van der Waals surface area contributed by atoms with Gasteiger partial charge in [0.1, 0.15) is 6.10 Å². The summed E-state index contributed by atoms with van der Waals surface area (Å²) in [6.07, 6.45) is 5.78. The summed E-state index contributed by atoms with van der Waals surface area (Å²) in [6, 6.07) is 19.5. The van der Waals surface area contributed by atoms with E-state index in [0.29, 0.717) is 17.4 Å². The Hall–Kier alpha value is -2.98. The van der Waals surface area contributed by atoms with Crippen LogP contribution in [0.25, 0.3) is 10.9 Å². The van der Waals surface area contributed by atoms with E-state index in [1.54, 1.807) is 0 Å². The Bertz CT molecular complexity index is 1060. The van der Waals surface area contributed by atoms with E-state index in [4.69, 9.17) is 4.74 Å². The van der Waals surface area contributed by atoms with Crippen LogP contribution < -0.4 is 0 Å². The van der Waals surface area contributed by atoms with Crippen molar-refractivity contribution in [3.8, 4) is 0 Å². The third kappa shape index (κ3) is 3.41. The Morgan fingerprint density at radius 2 is 1.93 bits per heavy atom. The molecule has 3 saturated heterocycles. The van der Waals surface area contributed by atoms with Crippen LogP contribution in [0.4, 0.5) is 0 Å². The van der Waals surface area contributed by atoms with Crippen LogP contribution in [0.1, 0.15) is 34.9 Å². The molecule has 4 heterocycles. The normalized spacial score (nSPS) is 26.3. The molecule has 3 aliphatic heterocycles. The van der Waals surface area contributed by atoms with Gasteiger partial charge < -0.3 is 4.74 Å². The van der Waals surface area contributed by atoms with Crippen molar-refractivity contribution >= 4 is 16.9 Å². The lowest BCUT2D eigenvalue weighted by Crippen LogP contribution is -2.55. The molecule has 2 aromatic carbocycles. The topological polar surface area (TPSA) is 42.4 Å². The number of rotatable bonds is 5. The number of carbonyl (C=O) groups is 1. The van der Waals surface area contributed by atoms with Crippen LogP contribution in [0.3, 0.4) is 0 Å². The largest absolute Gasteiger partial charge is 0.452 e. The number of carbonyl (C=O) groups excluding carboxylic acids is 1. The number of benzene rings is 2. The molecule has 3 aliphatic rings. The van der Waals surface area contributed by atoms with Crippen molar-refractivity contribution in [1.29, 1.82) is 0 Å². The lowest BCUT2D eigenvalue weighted by molar-refractivity contribution is -0.0568. The Kier molecular flexibility index (Phi) is 5.09. The molecule has 0 N–H and O–H groups in total. The quantitative estimate of drug-likeness (QED) is 0.447. The maximum Gasteiger partial charge on any atom is 0.338 e. The highest BCUT2D eigenvalue weighted by Gasteiger charge is 2.44. The zero-order valence-electron chi connectivity index (χ0n) is 17.0. The number of fused-ring (bicyclic) bond motifs is 4. The van der Waals surface area contributed by atoms with Crippen LogP contribution in [0, 0.1) is 11.8 Å².